The largest absolute Gasteiger partial charge is 0.249 e. The summed E-state index contributed by atoms with van der Waals surface area (Å²) in [6.07, 6.45) is 6.20. The van der Waals surface area contributed by atoms with Gasteiger partial charge in [-0.2, -0.15) is 0 Å². The van der Waals surface area contributed by atoms with Crippen LogP contribution < -0.4 is 0 Å². The van der Waals surface area contributed by atoms with E-state index in [9.17, 15) is 0 Å². The number of nitrogens with zero attached hydrogens (tertiary/aromatic N) is 1. The van der Waals surface area contributed by atoms with Crippen LogP contribution in [-0.4, -0.2) is 4.98 Å². The first-order valence-electron chi connectivity index (χ1n) is 4.72. The van der Waals surface area contributed by atoms with Gasteiger partial charge in [0.2, 0.25) is 0 Å². The fraction of sp³-hybridized carbons (Fsp3) is 0.167. The Kier molecular flexibility index (Phi) is 3.30. The first kappa shape index (κ1) is 9.41. The monoisotopic (exact) mass is 202 g/mol. The van der Waals surface area contributed by atoms with E-state index in [0.717, 1.165) is 17.8 Å². The van der Waals surface area contributed by atoms with Crippen LogP contribution in [0.25, 0.3) is 0 Å². The average molecular weight is 202 g/mol. The molecule has 1 radical (unpaired) electrons. The summed E-state index contributed by atoms with van der Waals surface area (Å²) >= 11 is 1.69. The van der Waals surface area contributed by atoms with E-state index in [1.165, 1.54) is 5.56 Å². The van der Waals surface area contributed by atoms with Crippen molar-refractivity contribution in [2.24, 2.45) is 0 Å². The molecule has 0 unspecified atom stereocenters. The third-order valence-corrected chi connectivity index (χ3v) is 2.82. The van der Waals surface area contributed by atoms with Crippen LogP contribution in [0.3, 0.4) is 0 Å². The Balaban J connectivity index is 1.79. The summed E-state index contributed by atoms with van der Waals surface area (Å²) in [5.74, 6) is 0. The van der Waals surface area contributed by atoms with Crippen molar-refractivity contribution in [3.05, 3.63) is 58.9 Å². The molecule has 0 fully saturated rings. The van der Waals surface area contributed by atoms with Crippen LogP contribution in [0.4, 0.5) is 0 Å². The van der Waals surface area contributed by atoms with Crippen molar-refractivity contribution < 1.29 is 0 Å². The van der Waals surface area contributed by atoms with Gasteiger partial charge < -0.3 is 0 Å². The summed E-state index contributed by atoms with van der Waals surface area (Å²) in [5.41, 5.74) is 1.39. The Morgan fingerprint density at radius 1 is 1.21 bits per heavy atom. The molecule has 1 aromatic heterocycles. The third kappa shape index (κ3) is 2.67. The molecule has 0 aliphatic heterocycles. The first-order valence-corrected chi connectivity index (χ1v) is 5.60. The summed E-state index contributed by atoms with van der Waals surface area (Å²) in [4.78, 5) is 4.21. The molecule has 1 aromatic carbocycles. The zero-order valence-corrected chi connectivity index (χ0v) is 8.70. The van der Waals surface area contributed by atoms with Gasteiger partial charge in [-0.3, -0.25) is 0 Å². The number of aromatic nitrogens is 1. The normalized spacial score (nSPS) is 10.3. The molecule has 0 N–H and O–H groups in total. The molecule has 1 heterocycles. The highest BCUT2D eigenvalue weighted by Gasteiger charge is 1.96. The summed E-state index contributed by atoms with van der Waals surface area (Å²) in [5, 5.41) is 3.13. The van der Waals surface area contributed by atoms with Crippen molar-refractivity contribution in [1.29, 1.82) is 0 Å². The van der Waals surface area contributed by atoms with Crippen LogP contribution in [0.5, 0.6) is 0 Å². The van der Waals surface area contributed by atoms with E-state index in [4.69, 9.17) is 0 Å². The molecule has 0 aliphatic carbocycles. The minimum Gasteiger partial charge on any atom is -0.249 e. The highest BCUT2D eigenvalue weighted by molar-refractivity contribution is 7.09. The Morgan fingerprint density at radius 2 is 2.07 bits per heavy atom. The Bertz CT molecular complexity index is 353. The lowest BCUT2D eigenvalue weighted by Gasteiger charge is -1.98. The van der Waals surface area contributed by atoms with E-state index in [2.05, 4.69) is 35.7 Å². The molecule has 0 amide bonds. The van der Waals surface area contributed by atoms with E-state index in [1.807, 2.05) is 17.6 Å². The zero-order valence-electron chi connectivity index (χ0n) is 7.89. The summed E-state index contributed by atoms with van der Waals surface area (Å²) < 4.78 is 0. The molecule has 0 atom stereocenters. The molecule has 0 bridgehead atoms. The molecule has 14 heavy (non-hydrogen) atoms. The quantitative estimate of drug-likeness (QED) is 0.741. The second kappa shape index (κ2) is 4.91. The SMILES string of the molecule is [CH](CCc1ccccc1)c1nccs1. The molecular weight excluding hydrogens is 190 g/mol. The number of hydrogen-bond acceptors (Lipinski definition) is 2. The van der Waals surface area contributed by atoms with Crippen LogP contribution >= 0.6 is 11.3 Å². The lowest BCUT2D eigenvalue weighted by atomic mass is 10.1. The summed E-state index contributed by atoms with van der Waals surface area (Å²) in [7, 11) is 0. The van der Waals surface area contributed by atoms with E-state index in [1.54, 1.807) is 11.3 Å². The average Bonchev–Trinajstić information content (AvgIpc) is 2.72. The highest BCUT2D eigenvalue weighted by atomic mass is 32.1. The fourth-order valence-corrected chi connectivity index (χ4v) is 1.94. The molecule has 2 rings (SSSR count). The third-order valence-electron chi connectivity index (χ3n) is 2.05. The molecule has 2 aromatic rings. The molecule has 71 valence electrons. The van der Waals surface area contributed by atoms with Crippen LogP contribution in [-0.2, 0) is 6.42 Å². The minimum atomic E-state index is 1.07. The predicted molar refractivity (Wildman–Crippen MR) is 60.3 cm³/mol. The second-order valence-corrected chi connectivity index (χ2v) is 4.02. The predicted octanol–water partition coefficient (Wildman–Crippen LogP) is 3.33. The van der Waals surface area contributed by atoms with Gasteiger partial charge in [0.15, 0.2) is 0 Å². The topological polar surface area (TPSA) is 12.9 Å². The summed E-state index contributed by atoms with van der Waals surface area (Å²) in [6, 6.07) is 10.5. The van der Waals surface area contributed by atoms with Gasteiger partial charge >= 0.3 is 0 Å². The lowest BCUT2D eigenvalue weighted by Crippen LogP contribution is -1.86. The van der Waals surface area contributed by atoms with Crippen molar-refractivity contribution >= 4 is 11.3 Å². The molecule has 0 spiro atoms. The Hall–Kier alpha value is -1.15. The highest BCUT2D eigenvalue weighted by Crippen LogP contribution is 2.11. The second-order valence-electron chi connectivity index (χ2n) is 3.10. The lowest BCUT2D eigenvalue weighted by molar-refractivity contribution is 0.946. The molecule has 1 nitrogen and oxygen atoms in total. The summed E-state index contributed by atoms with van der Waals surface area (Å²) in [6.45, 7) is 0. The van der Waals surface area contributed by atoms with Gasteiger partial charge in [0.25, 0.3) is 0 Å². The number of benzene rings is 1. The fourth-order valence-electron chi connectivity index (χ4n) is 1.34. The number of thiazole rings is 1. The molecular formula is C12H12NS. The van der Waals surface area contributed by atoms with Gasteiger partial charge in [0.1, 0.15) is 0 Å². The number of hydrogen-bond donors (Lipinski definition) is 0. The van der Waals surface area contributed by atoms with E-state index < -0.39 is 0 Å². The maximum Gasteiger partial charge on any atom is 0.0962 e. The molecule has 0 aliphatic rings. The van der Waals surface area contributed by atoms with E-state index in [0.29, 0.717) is 0 Å². The molecule has 0 saturated carbocycles. The zero-order chi connectivity index (χ0) is 9.64. The minimum absolute atomic E-state index is 1.07. The van der Waals surface area contributed by atoms with Crippen molar-refractivity contribution in [3.8, 4) is 0 Å². The number of rotatable bonds is 4. The van der Waals surface area contributed by atoms with Crippen molar-refractivity contribution in [1.82, 2.24) is 4.98 Å². The van der Waals surface area contributed by atoms with Gasteiger partial charge in [-0.1, -0.05) is 30.3 Å². The van der Waals surface area contributed by atoms with Gasteiger partial charge in [0.05, 0.1) is 5.01 Å². The molecule has 0 saturated heterocycles. The van der Waals surface area contributed by atoms with Crippen LogP contribution in [0.1, 0.15) is 17.0 Å². The smallest absolute Gasteiger partial charge is 0.0962 e. The maximum absolute atomic E-state index is 4.21. The van der Waals surface area contributed by atoms with Crippen molar-refractivity contribution in [2.75, 3.05) is 0 Å². The first-order chi connectivity index (χ1) is 6.95. The Morgan fingerprint density at radius 3 is 2.79 bits per heavy atom. The van der Waals surface area contributed by atoms with Crippen LogP contribution in [0, 0.1) is 6.42 Å². The van der Waals surface area contributed by atoms with Crippen LogP contribution in [0.15, 0.2) is 41.9 Å². The Labute approximate surface area is 88.4 Å². The van der Waals surface area contributed by atoms with Gasteiger partial charge in [-0.05, 0) is 18.4 Å². The van der Waals surface area contributed by atoms with Crippen molar-refractivity contribution in [3.63, 3.8) is 0 Å². The van der Waals surface area contributed by atoms with Gasteiger partial charge in [0, 0.05) is 18.0 Å². The number of aryl methyl sites for hydroxylation is 1. The van der Waals surface area contributed by atoms with Crippen molar-refractivity contribution in [2.45, 2.75) is 12.8 Å². The van der Waals surface area contributed by atoms with Gasteiger partial charge in [-0.15, -0.1) is 11.3 Å². The van der Waals surface area contributed by atoms with Crippen LogP contribution in [0.2, 0.25) is 0 Å². The van der Waals surface area contributed by atoms with E-state index >= 15 is 0 Å². The van der Waals surface area contributed by atoms with E-state index in [-0.39, 0.29) is 0 Å². The molecule has 2 heteroatoms. The van der Waals surface area contributed by atoms with Gasteiger partial charge in [-0.25, -0.2) is 4.98 Å². The maximum atomic E-state index is 4.21. The standard InChI is InChI=1S/C12H12NS/c1-2-5-11(6-3-1)7-4-8-12-13-9-10-14-12/h1-3,5-6,8-10H,4,7H2.